The quantitative estimate of drug-likeness (QED) is 0.743. The zero-order chi connectivity index (χ0) is 11.1. The van der Waals surface area contributed by atoms with Crippen molar-refractivity contribution < 1.29 is 9.53 Å². The summed E-state index contributed by atoms with van der Waals surface area (Å²) in [7, 11) is 0. The highest BCUT2D eigenvalue weighted by Crippen LogP contribution is 2.38. The molecule has 4 heteroatoms. The minimum absolute atomic E-state index is 0.105. The fourth-order valence-corrected chi connectivity index (χ4v) is 3.44. The third-order valence-corrected chi connectivity index (χ3v) is 4.34. The summed E-state index contributed by atoms with van der Waals surface area (Å²) < 4.78 is 5.68. The number of ether oxygens (including phenoxy) is 1. The highest BCUT2D eigenvalue weighted by Gasteiger charge is 2.43. The van der Waals surface area contributed by atoms with Crippen LogP contribution in [0.4, 0.5) is 0 Å². The van der Waals surface area contributed by atoms with E-state index in [-0.39, 0.29) is 18.1 Å². The van der Waals surface area contributed by atoms with E-state index in [1.165, 1.54) is 19.3 Å². The summed E-state index contributed by atoms with van der Waals surface area (Å²) in [5.74, 6) is 0.990. The molecule has 2 bridgehead atoms. The summed E-state index contributed by atoms with van der Waals surface area (Å²) in [6, 6.07) is 0.512. The predicted octanol–water partition coefficient (Wildman–Crippen LogP) is 0.504. The van der Waals surface area contributed by atoms with Gasteiger partial charge in [-0.3, -0.25) is 4.79 Å². The van der Waals surface area contributed by atoms with E-state index in [1.54, 1.807) is 0 Å². The lowest BCUT2D eigenvalue weighted by atomic mass is 10.1. The van der Waals surface area contributed by atoms with Crippen LogP contribution in [0.2, 0.25) is 0 Å². The molecule has 4 atom stereocenters. The molecule has 3 rings (SSSR count). The van der Waals surface area contributed by atoms with Crippen molar-refractivity contribution >= 4 is 5.91 Å². The molecule has 90 valence electrons. The molecule has 2 saturated heterocycles. The number of amides is 1. The Morgan fingerprint density at radius 2 is 2.19 bits per heavy atom. The van der Waals surface area contributed by atoms with E-state index in [2.05, 4.69) is 4.90 Å². The van der Waals surface area contributed by atoms with Gasteiger partial charge in [-0.1, -0.05) is 0 Å². The second-order valence-corrected chi connectivity index (χ2v) is 5.38. The molecule has 0 radical (unpaired) electrons. The van der Waals surface area contributed by atoms with Gasteiger partial charge in [-0.15, -0.1) is 0 Å². The molecule has 4 nitrogen and oxygen atoms in total. The fraction of sp³-hybridized carbons (Fsp3) is 0.917. The highest BCUT2D eigenvalue weighted by atomic mass is 16.5. The molecular formula is C12H20N2O2. The number of fused-ring (bicyclic) bond motifs is 2. The van der Waals surface area contributed by atoms with Crippen LogP contribution >= 0.6 is 0 Å². The van der Waals surface area contributed by atoms with Crippen molar-refractivity contribution in [2.75, 3.05) is 13.1 Å². The van der Waals surface area contributed by atoms with E-state index in [9.17, 15) is 4.79 Å². The SMILES string of the molecule is NCC1CCC(C(=O)N2CC3CCC2C3)O1. The lowest BCUT2D eigenvalue weighted by molar-refractivity contribution is -0.144. The minimum atomic E-state index is -0.201. The molecule has 0 aromatic heterocycles. The monoisotopic (exact) mass is 224 g/mol. The molecular weight excluding hydrogens is 204 g/mol. The molecule has 2 heterocycles. The van der Waals surface area contributed by atoms with Gasteiger partial charge in [0.25, 0.3) is 5.91 Å². The maximum Gasteiger partial charge on any atom is 0.251 e. The van der Waals surface area contributed by atoms with E-state index in [1.807, 2.05) is 0 Å². The summed E-state index contributed by atoms with van der Waals surface area (Å²) >= 11 is 0. The van der Waals surface area contributed by atoms with Gasteiger partial charge < -0.3 is 15.4 Å². The number of rotatable bonds is 2. The number of piperidine rings is 1. The second kappa shape index (κ2) is 4.00. The Balaban J connectivity index is 1.61. The molecule has 3 fully saturated rings. The van der Waals surface area contributed by atoms with Crippen molar-refractivity contribution in [2.45, 2.75) is 50.4 Å². The van der Waals surface area contributed by atoms with Gasteiger partial charge in [0.15, 0.2) is 0 Å². The van der Waals surface area contributed by atoms with Crippen molar-refractivity contribution in [1.82, 2.24) is 4.90 Å². The number of nitrogens with zero attached hydrogens (tertiary/aromatic N) is 1. The Labute approximate surface area is 96.1 Å². The fourth-order valence-electron chi connectivity index (χ4n) is 3.44. The van der Waals surface area contributed by atoms with Gasteiger partial charge in [0.1, 0.15) is 6.10 Å². The van der Waals surface area contributed by atoms with Crippen molar-refractivity contribution in [3.8, 4) is 0 Å². The Morgan fingerprint density at radius 3 is 2.75 bits per heavy atom. The van der Waals surface area contributed by atoms with E-state index < -0.39 is 0 Å². The maximum absolute atomic E-state index is 12.3. The number of hydrogen-bond donors (Lipinski definition) is 1. The molecule has 1 amide bonds. The molecule has 2 aliphatic heterocycles. The van der Waals surface area contributed by atoms with Crippen LogP contribution in [0.1, 0.15) is 32.1 Å². The highest BCUT2D eigenvalue weighted by molar-refractivity contribution is 5.82. The number of carbonyl (C=O) groups is 1. The van der Waals surface area contributed by atoms with Crippen LogP contribution in [0.25, 0.3) is 0 Å². The van der Waals surface area contributed by atoms with Crippen LogP contribution in [-0.4, -0.2) is 42.1 Å². The molecule has 1 saturated carbocycles. The zero-order valence-electron chi connectivity index (χ0n) is 9.60. The van der Waals surface area contributed by atoms with Crippen molar-refractivity contribution in [2.24, 2.45) is 11.7 Å². The molecule has 0 aromatic rings. The summed E-state index contributed by atoms with van der Waals surface area (Å²) in [6.07, 6.45) is 5.43. The van der Waals surface area contributed by atoms with Gasteiger partial charge in [0, 0.05) is 19.1 Å². The Hall–Kier alpha value is -0.610. The van der Waals surface area contributed by atoms with Gasteiger partial charge in [-0.05, 0) is 38.0 Å². The average molecular weight is 224 g/mol. The van der Waals surface area contributed by atoms with Crippen LogP contribution in [0.3, 0.4) is 0 Å². The van der Waals surface area contributed by atoms with Crippen molar-refractivity contribution in [3.63, 3.8) is 0 Å². The first-order chi connectivity index (χ1) is 7.78. The van der Waals surface area contributed by atoms with Crippen LogP contribution < -0.4 is 5.73 Å². The van der Waals surface area contributed by atoms with E-state index >= 15 is 0 Å². The topological polar surface area (TPSA) is 55.6 Å². The summed E-state index contributed by atoms with van der Waals surface area (Å²) in [4.78, 5) is 14.3. The molecule has 0 aromatic carbocycles. The largest absolute Gasteiger partial charge is 0.364 e. The number of nitrogens with two attached hydrogens (primary N) is 1. The van der Waals surface area contributed by atoms with Gasteiger partial charge in [-0.2, -0.15) is 0 Å². The van der Waals surface area contributed by atoms with E-state index in [0.717, 1.165) is 25.3 Å². The van der Waals surface area contributed by atoms with E-state index in [0.29, 0.717) is 12.6 Å². The first kappa shape index (κ1) is 10.5. The van der Waals surface area contributed by atoms with Gasteiger partial charge in [-0.25, -0.2) is 0 Å². The first-order valence-electron chi connectivity index (χ1n) is 6.44. The lowest BCUT2D eigenvalue weighted by Gasteiger charge is -2.29. The molecule has 2 N–H and O–H groups in total. The Kier molecular flexibility index (Phi) is 2.64. The summed E-state index contributed by atoms with van der Waals surface area (Å²) in [5.41, 5.74) is 5.56. The summed E-state index contributed by atoms with van der Waals surface area (Å²) in [6.45, 7) is 1.51. The van der Waals surface area contributed by atoms with Gasteiger partial charge >= 0.3 is 0 Å². The van der Waals surface area contributed by atoms with E-state index in [4.69, 9.17) is 10.5 Å². The predicted molar refractivity (Wildman–Crippen MR) is 59.8 cm³/mol. The molecule has 1 aliphatic carbocycles. The first-order valence-corrected chi connectivity index (χ1v) is 6.44. The lowest BCUT2D eigenvalue weighted by Crippen LogP contribution is -2.43. The molecule has 3 aliphatic rings. The Morgan fingerprint density at radius 1 is 1.31 bits per heavy atom. The smallest absolute Gasteiger partial charge is 0.251 e. The van der Waals surface area contributed by atoms with Crippen LogP contribution in [0.15, 0.2) is 0 Å². The summed E-state index contributed by atoms with van der Waals surface area (Å²) in [5, 5.41) is 0. The minimum Gasteiger partial charge on any atom is -0.364 e. The molecule has 4 unspecified atom stereocenters. The standard InChI is InChI=1S/C12H20N2O2/c13-6-10-3-4-11(16-10)12(15)14-7-8-1-2-9(14)5-8/h8-11H,1-7,13H2. The van der Waals surface area contributed by atoms with Crippen molar-refractivity contribution in [3.05, 3.63) is 0 Å². The van der Waals surface area contributed by atoms with Crippen LogP contribution in [0, 0.1) is 5.92 Å². The average Bonchev–Trinajstić information content (AvgIpc) is 3.03. The number of hydrogen-bond acceptors (Lipinski definition) is 3. The van der Waals surface area contributed by atoms with Gasteiger partial charge in [0.05, 0.1) is 6.10 Å². The number of likely N-dealkylation sites (tertiary alicyclic amines) is 1. The van der Waals surface area contributed by atoms with Crippen LogP contribution in [-0.2, 0) is 9.53 Å². The second-order valence-electron chi connectivity index (χ2n) is 5.38. The third kappa shape index (κ3) is 1.64. The molecule has 0 spiro atoms. The van der Waals surface area contributed by atoms with Gasteiger partial charge in [0.2, 0.25) is 0 Å². The third-order valence-electron chi connectivity index (χ3n) is 4.34. The normalized spacial score (nSPS) is 41.9. The number of carbonyl (C=O) groups excluding carboxylic acids is 1. The Bertz CT molecular complexity index is 295. The molecule has 16 heavy (non-hydrogen) atoms. The maximum atomic E-state index is 12.3. The van der Waals surface area contributed by atoms with Crippen LogP contribution in [0.5, 0.6) is 0 Å². The van der Waals surface area contributed by atoms with Crippen molar-refractivity contribution in [1.29, 1.82) is 0 Å². The zero-order valence-corrected chi connectivity index (χ0v) is 9.60.